The number of rotatable bonds is 3. The van der Waals surface area contributed by atoms with Gasteiger partial charge in [0.1, 0.15) is 12.8 Å². The zero-order valence-corrected chi connectivity index (χ0v) is 13.2. The second-order valence-electron chi connectivity index (χ2n) is 6.60. The van der Waals surface area contributed by atoms with Crippen molar-refractivity contribution in [3.05, 3.63) is 71.3 Å². The van der Waals surface area contributed by atoms with E-state index in [4.69, 9.17) is 4.74 Å². The largest absolute Gasteiger partial charge is 0.360 e. The molecule has 1 spiro atoms. The molecular weight excluding hydrogens is 289 g/mol. The smallest absolute Gasteiger partial charge is 0.120 e. The van der Waals surface area contributed by atoms with E-state index >= 15 is 0 Å². The summed E-state index contributed by atoms with van der Waals surface area (Å²) < 4.78 is 19.6. The van der Waals surface area contributed by atoms with Crippen LogP contribution in [0.1, 0.15) is 35.6 Å². The lowest BCUT2D eigenvalue weighted by atomic mass is 9.83. The molecule has 1 atom stereocenters. The molecule has 2 aromatic carbocycles. The third-order valence-electron chi connectivity index (χ3n) is 5.22. The van der Waals surface area contributed by atoms with E-state index in [2.05, 4.69) is 41.3 Å². The highest BCUT2D eigenvalue weighted by molar-refractivity contribution is 5.38. The second-order valence-corrected chi connectivity index (χ2v) is 6.60. The molecule has 0 saturated carbocycles. The number of halogens is 1. The molecule has 2 aliphatic heterocycles. The third-order valence-corrected chi connectivity index (χ3v) is 5.22. The maximum absolute atomic E-state index is 13.3. The van der Waals surface area contributed by atoms with Gasteiger partial charge in [0, 0.05) is 19.6 Å². The van der Waals surface area contributed by atoms with E-state index in [1.165, 1.54) is 11.1 Å². The van der Waals surface area contributed by atoms with Crippen molar-refractivity contribution in [3.63, 3.8) is 0 Å². The van der Waals surface area contributed by atoms with Gasteiger partial charge in [-0.15, -0.1) is 0 Å². The van der Waals surface area contributed by atoms with Crippen LogP contribution in [-0.2, 0) is 16.9 Å². The van der Waals surface area contributed by atoms with E-state index in [0.717, 1.165) is 38.0 Å². The molecule has 0 amide bonds. The Bertz CT molecular complexity index is 664. The van der Waals surface area contributed by atoms with Crippen molar-refractivity contribution in [2.24, 2.45) is 0 Å². The van der Waals surface area contributed by atoms with E-state index in [0.29, 0.717) is 0 Å². The minimum absolute atomic E-state index is 0.277. The first kappa shape index (κ1) is 14.9. The Kier molecular flexibility index (Phi) is 3.92. The number of piperidine rings is 1. The Hall–Kier alpha value is -1.71. The molecule has 1 saturated heterocycles. The van der Waals surface area contributed by atoms with Gasteiger partial charge in [-0.3, -0.25) is 4.90 Å². The monoisotopic (exact) mass is 311 g/mol. The van der Waals surface area contributed by atoms with Crippen LogP contribution in [0.5, 0.6) is 0 Å². The first-order valence-electron chi connectivity index (χ1n) is 8.40. The molecule has 0 unspecified atom stereocenters. The number of alkyl halides is 1. The van der Waals surface area contributed by atoms with Crippen LogP contribution in [0, 0.1) is 0 Å². The molecule has 0 bridgehead atoms. The fourth-order valence-electron chi connectivity index (χ4n) is 4.01. The Morgan fingerprint density at radius 3 is 2.43 bits per heavy atom. The van der Waals surface area contributed by atoms with Crippen molar-refractivity contribution in [1.82, 2.24) is 4.90 Å². The van der Waals surface area contributed by atoms with Gasteiger partial charge in [-0.1, -0.05) is 54.6 Å². The van der Waals surface area contributed by atoms with Crippen molar-refractivity contribution >= 4 is 0 Å². The Labute approximate surface area is 136 Å². The van der Waals surface area contributed by atoms with Crippen LogP contribution in [0.2, 0.25) is 0 Å². The molecule has 2 nitrogen and oxygen atoms in total. The van der Waals surface area contributed by atoms with Crippen LogP contribution < -0.4 is 0 Å². The zero-order chi connectivity index (χ0) is 15.7. The topological polar surface area (TPSA) is 12.5 Å². The molecule has 3 heteroatoms. The van der Waals surface area contributed by atoms with E-state index < -0.39 is 6.67 Å². The number of fused-ring (bicyclic) bond motifs is 2. The standard InChI is InChI=1S/C20H22FNO/c21-14-19-17-8-4-5-9-18(17)20(23-19)10-12-22(13-11-20)15-16-6-2-1-3-7-16/h1-9,19H,10-15H2/t19-/m1/s1. The van der Waals surface area contributed by atoms with Crippen molar-refractivity contribution in [1.29, 1.82) is 0 Å². The predicted octanol–water partition coefficient (Wildman–Crippen LogP) is 4.22. The lowest BCUT2D eigenvalue weighted by Gasteiger charge is -2.39. The molecule has 0 aliphatic carbocycles. The molecule has 2 aromatic rings. The normalized spacial score (nSPS) is 23.1. The van der Waals surface area contributed by atoms with Gasteiger partial charge in [0.2, 0.25) is 0 Å². The van der Waals surface area contributed by atoms with E-state index in [1.807, 2.05) is 18.2 Å². The number of ether oxygens (including phenoxy) is 1. The van der Waals surface area contributed by atoms with Crippen molar-refractivity contribution in [3.8, 4) is 0 Å². The molecule has 2 aliphatic rings. The summed E-state index contributed by atoms with van der Waals surface area (Å²) >= 11 is 0. The highest BCUT2D eigenvalue weighted by atomic mass is 19.1. The fourth-order valence-corrected chi connectivity index (χ4v) is 4.01. The van der Waals surface area contributed by atoms with Gasteiger partial charge in [-0.25, -0.2) is 4.39 Å². The molecule has 0 N–H and O–H groups in total. The van der Waals surface area contributed by atoms with Crippen LogP contribution >= 0.6 is 0 Å². The van der Waals surface area contributed by atoms with Crippen molar-refractivity contribution in [2.45, 2.75) is 31.1 Å². The van der Waals surface area contributed by atoms with Crippen LogP contribution in [0.15, 0.2) is 54.6 Å². The molecule has 2 heterocycles. The summed E-state index contributed by atoms with van der Waals surface area (Å²) in [6.45, 7) is 2.52. The van der Waals surface area contributed by atoms with Crippen LogP contribution in [-0.4, -0.2) is 24.7 Å². The molecule has 4 rings (SSSR count). The highest BCUT2D eigenvalue weighted by Crippen LogP contribution is 2.49. The summed E-state index contributed by atoms with van der Waals surface area (Å²) in [4.78, 5) is 2.47. The van der Waals surface area contributed by atoms with Gasteiger partial charge in [-0.2, -0.15) is 0 Å². The summed E-state index contributed by atoms with van der Waals surface area (Å²) in [5.41, 5.74) is 3.33. The van der Waals surface area contributed by atoms with Gasteiger partial charge in [0.05, 0.1) is 5.60 Å². The highest BCUT2D eigenvalue weighted by Gasteiger charge is 2.46. The predicted molar refractivity (Wildman–Crippen MR) is 88.9 cm³/mol. The Morgan fingerprint density at radius 1 is 1.00 bits per heavy atom. The molecule has 23 heavy (non-hydrogen) atoms. The lowest BCUT2D eigenvalue weighted by molar-refractivity contribution is -0.115. The van der Waals surface area contributed by atoms with E-state index in [1.54, 1.807) is 0 Å². The second kappa shape index (κ2) is 6.06. The quantitative estimate of drug-likeness (QED) is 0.841. The van der Waals surface area contributed by atoms with Crippen LogP contribution in [0.3, 0.4) is 0 Å². The SMILES string of the molecule is FC[C@H]1OC2(CCN(Cc3ccccc3)CC2)c2ccccc21. The summed E-state index contributed by atoms with van der Waals surface area (Å²) in [7, 11) is 0. The maximum Gasteiger partial charge on any atom is 0.120 e. The number of hydrogen-bond donors (Lipinski definition) is 0. The Morgan fingerprint density at radius 2 is 1.70 bits per heavy atom. The minimum Gasteiger partial charge on any atom is -0.360 e. The van der Waals surface area contributed by atoms with E-state index in [-0.39, 0.29) is 11.7 Å². The van der Waals surface area contributed by atoms with Gasteiger partial charge < -0.3 is 4.74 Å². The summed E-state index contributed by atoms with van der Waals surface area (Å²) in [6, 6.07) is 18.7. The minimum atomic E-state index is -0.438. The van der Waals surface area contributed by atoms with Gasteiger partial charge in [0.15, 0.2) is 0 Å². The van der Waals surface area contributed by atoms with Crippen LogP contribution in [0.4, 0.5) is 4.39 Å². The lowest BCUT2D eigenvalue weighted by Crippen LogP contribution is -2.42. The van der Waals surface area contributed by atoms with Gasteiger partial charge >= 0.3 is 0 Å². The van der Waals surface area contributed by atoms with Crippen molar-refractivity contribution in [2.75, 3.05) is 19.8 Å². The summed E-state index contributed by atoms with van der Waals surface area (Å²) in [6.07, 6.45) is 1.49. The van der Waals surface area contributed by atoms with Gasteiger partial charge in [-0.05, 0) is 29.5 Å². The maximum atomic E-state index is 13.3. The molecule has 1 fully saturated rings. The number of likely N-dealkylation sites (tertiary alicyclic amines) is 1. The Balaban J connectivity index is 1.49. The number of benzene rings is 2. The average molecular weight is 311 g/mol. The molecule has 0 radical (unpaired) electrons. The summed E-state index contributed by atoms with van der Waals surface area (Å²) in [5.74, 6) is 0. The zero-order valence-electron chi connectivity index (χ0n) is 13.2. The van der Waals surface area contributed by atoms with Gasteiger partial charge in [0.25, 0.3) is 0 Å². The fraction of sp³-hybridized carbons (Fsp3) is 0.400. The molecule has 0 aromatic heterocycles. The van der Waals surface area contributed by atoms with Crippen molar-refractivity contribution < 1.29 is 9.13 Å². The number of nitrogens with zero attached hydrogens (tertiary/aromatic N) is 1. The number of hydrogen-bond acceptors (Lipinski definition) is 2. The van der Waals surface area contributed by atoms with Crippen LogP contribution in [0.25, 0.3) is 0 Å². The first-order valence-corrected chi connectivity index (χ1v) is 8.40. The van der Waals surface area contributed by atoms with E-state index in [9.17, 15) is 4.39 Å². The summed E-state index contributed by atoms with van der Waals surface area (Å²) in [5, 5.41) is 0. The third kappa shape index (κ3) is 2.68. The molecular formula is C20H22FNO. The average Bonchev–Trinajstić information content (AvgIpc) is 2.92. The first-order chi connectivity index (χ1) is 11.3. The molecule has 120 valence electrons.